The van der Waals surface area contributed by atoms with Crippen molar-refractivity contribution >= 4 is 45.7 Å². The molecule has 0 saturated heterocycles. The molecule has 1 aliphatic rings. The first-order chi connectivity index (χ1) is 17.3. The number of aromatic hydroxyl groups is 1. The molecule has 5 rings (SSSR count). The van der Waals surface area contributed by atoms with Gasteiger partial charge in [0.15, 0.2) is 4.80 Å². The first-order valence-corrected chi connectivity index (χ1v) is 11.8. The number of fused-ring (bicyclic) bond motifs is 2. The second-order valence-electron chi connectivity index (χ2n) is 7.94. The molecule has 0 bridgehead atoms. The number of hydrogen-bond acceptors (Lipinski definition) is 9. The maximum atomic E-state index is 13.4. The van der Waals surface area contributed by atoms with E-state index in [4.69, 9.17) is 9.15 Å². The van der Waals surface area contributed by atoms with Gasteiger partial charge in [0.05, 0.1) is 22.8 Å². The average Bonchev–Trinajstić information content (AvgIpc) is 3.46. The van der Waals surface area contributed by atoms with E-state index in [2.05, 4.69) is 4.99 Å². The predicted molar refractivity (Wildman–Crippen MR) is 132 cm³/mol. The van der Waals surface area contributed by atoms with Crippen molar-refractivity contribution in [2.45, 2.75) is 19.9 Å². The maximum Gasteiger partial charge on any atom is 0.433 e. The fourth-order valence-corrected chi connectivity index (χ4v) is 5.20. The van der Waals surface area contributed by atoms with E-state index >= 15 is 0 Å². The van der Waals surface area contributed by atoms with Crippen LogP contribution in [0.15, 0.2) is 68.3 Å². The van der Waals surface area contributed by atoms with Crippen molar-refractivity contribution in [2.24, 2.45) is 4.99 Å². The highest BCUT2D eigenvalue weighted by Gasteiger charge is 2.34. The Morgan fingerprint density at radius 1 is 1.28 bits per heavy atom. The summed E-state index contributed by atoms with van der Waals surface area (Å²) in [7, 11) is 0. The summed E-state index contributed by atoms with van der Waals surface area (Å²) < 4.78 is 12.1. The third-order valence-electron chi connectivity index (χ3n) is 5.83. The number of furan rings is 1. The van der Waals surface area contributed by atoms with Crippen LogP contribution in [0.5, 0.6) is 5.75 Å². The molecule has 2 aromatic heterocycles. The molecule has 1 N–H and O–H groups in total. The number of allylic oxidation sites excluding steroid dienone is 1. The number of benzene rings is 2. The Bertz CT molecular complexity index is 1760. The minimum atomic E-state index is -1.03. The van der Waals surface area contributed by atoms with Crippen molar-refractivity contribution < 1.29 is 24.0 Å². The topological polar surface area (TPSA) is 137 Å². The van der Waals surface area contributed by atoms with E-state index in [1.165, 1.54) is 16.7 Å². The normalized spacial score (nSPS) is 15.6. The van der Waals surface area contributed by atoms with Crippen LogP contribution in [0.25, 0.3) is 22.5 Å². The molecule has 0 unspecified atom stereocenters. The average molecular weight is 506 g/mol. The highest BCUT2D eigenvalue weighted by molar-refractivity contribution is 7.07. The lowest BCUT2D eigenvalue weighted by Gasteiger charge is -2.20. The monoisotopic (exact) mass is 505 g/mol. The Balaban J connectivity index is 1.76. The quantitative estimate of drug-likeness (QED) is 0.250. The van der Waals surface area contributed by atoms with Crippen molar-refractivity contribution in [3.05, 3.63) is 95.2 Å². The molecule has 0 saturated carbocycles. The summed E-state index contributed by atoms with van der Waals surface area (Å²) in [4.78, 5) is 41.6. The minimum Gasteiger partial charge on any atom is -0.507 e. The zero-order valence-electron chi connectivity index (χ0n) is 19.1. The summed E-state index contributed by atoms with van der Waals surface area (Å²) in [5.41, 5.74) is 0.391. The van der Waals surface area contributed by atoms with Gasteiger partial charge >= 0.3 is 11.9 Å². The number of phenolic OH excluding ortho intramolecular Hbond substituents is 1. The molecular formula is C25H19N3O7S. The van der Waals surface area contributed by atoms with Crippen LogP contribution in [0.4, 0.5) is 5.88 Å². The van der Waals surface area contributed by atoms with Gasteiger partial charge in [-0.25, -0.2) is 9.79 Å². The molecule has 0 aliphatic carbocycles. The predicted octanol–water partition coefficient (Wildman–Crippen LogP) is 3.27. The molecule has 3 heterocycles. The number of rotatable bonds is 5. The van der Waals surface area contributed by atoms with Gasteiger partial charge in [-0.15, -0.1) is 0 Å². The molecule has 0 spiro atoms. The summed E-state index contributed by atoms with van der Waals surface area (Å²) in [6.45, 7) is 3.32. The van der Waals surface area contributed by atoms with Crippen LogP contribution in [0, 0.1) is 10.1 Å². The lowest BCUT2D eigenvalue weighted by atomic mass is 10.0. The van der Waals surface area contributed by atoms with E-state index in [1.54, 1.807) is 32.1 Å². The van der Waals surface area contributed by atoms with Crippen LogP contribution < -0.4 is 14.9 Å². The van der Waals surface area contributed by atoms with Crippen LogP contribution in [-0.4, -0.2) is 27.2 Å². The van der Waals surface area contributed by atoms with Gasteiger partial charge in [0.2, 0.25) is 0 Å². The number of aromatic nitrogens is 1. The van der Waals surface area contributed by atoms with Crippen molar-refractivity contribution in [3.8, 4) is 5.75 Å². The molecule has 10 nitrogen and oxygen atoms in total. The Hall–Kier alpha value is -4.51. The minimum absolute atomic E-state index is 0.0154. The molecule has 0 radical (unpaired) electrons. The smallest absolute Gasteiger partial charge is 0.433 e. The van der Waals surface area contributed by atoms with Gasteiger partial charge in [-0.1, -0.05) is 41.7 Å². The molecule has 182 valence electrons. The fraction of sp³-hybridized carbons (Fsp3) is 0.160. The summed E-state index contributed by atoms with van der Waals surface area (Å²) >= 11 is 1.07. The van der Waals surface area contributed by atoms with Crippen molar-refractivity contribution in [1.29, 1.82) is 0 Å². The molecule has 4 aromatic rings. The van der Waals surface area contributed by atoms with Gasteiger partial charge in [0.1, 0.15) is 22.5 Å². The Kier molecular flexibility index (Phi) is 5.77. The van der Waals surface area contributed by atoms with Gasteiger partial charge in [-0.2, -0.15) is 0 Å². The number of carbonyl (C=O) groups excluding carboxylic acids is 1. The number of nitro groups is 1. The lowest BCUT2D eigenvalue weighted by Crippen LogP contribution is -2.35. The van der Waals surface area contributed by atoms with Crippen molar-refractivity contribution in [1.82, 2.24) is 4.57 Å². The number of thiazole rings is 1. The van der Waals surface area contributed by atoms with Gasteiger partial charge in [0.25, 0.3) is 5.56 Å². The third kappa shape index (κ3) is 3.79. The van der Waals surface area contributed by atoms with E-state index in [1.807, 2.05) is 24.3 Å². The molecule has 1 aliphatic heterocycles. The molecule has 11 heteroatoms. The molecule has 36 heavy (non-hydrogen) atoms. The van der Waals surface area contributed by atoms with E-state index in [0.29, 0.717) is 5.56 Å². The Morgan fingerprint density at radius 2 is 2.06 bits per heavy atom. The van der Waals surface area contributed by atoms with E-state index in [0.717, 1.165) is 22.1 Å². The molecule has 1 atom stereocenters. The number of phenols is 1. The van der Waals surface area contributed by atoms with Crippen LogP contribution in [-0.2, 0) is 9.53 Å². The maximum absolute atomic E-state index is 13.4. The first-order valence-electron chi connectivity index (χ1n) is 10.9. The largest absolute Gasteiger partial charge is 0.507 e. The Morgan fingerprint density at radius 3 is 2.78 bits per heavy atom. The van der Waals surface area contributed by atoms with Crippen LogP contribution >= 0.6 is 11.3 Å². The third-order valence-corrected chi connectivity index (χ3v) is 6.81. The van der Waals surface area contributed by atoms with Gasteiger partial charge in [0, 0.05) is 11.3 Å². The number of hydrogen-bond donors (Lipinski definition) is 1. The highest BCUT2D eigenvalue weighted by Crippen LogP contribution is 2.34. The fourth-order valence-electron chi connectivity index (χ4n) is 4.18. The summed E-state index contributed by atoms with van der Waals surface area (Å²) in [6.07, 6.45) is 1.59. The second kappa shape index (κ2) is 8.93. The first kappa shape index (κ1) is 23.2. The van der Waals surface area contributed by atoms with E-state index in [-0.39, 0.29) is 38.7 Å². The van der Waals surface area contributed by atoms with Crippen LogP contribution in [0.1, 0.15) is 31.2 Å². The van der Waals surface area contributed by atoms with Crippen LogP contribution in [0.2, 0.25) is 0 Å². The summed E-state index contributed by atoms with van der Waals surface area (Å²) in [5.74, 6) is -1.10. The van der Waals surface area contributed by atoms with Gasteiger partial charge < -0.3 is 14.3 Å². The standard InChI is InChI=1S/C25H19N3O7S/c1-3-34-24(31)21-13(2)27-23(30)19(12-16-15-7-5-4-6-14(15)8-9-17(16)29)36-25(27)26-22(21)18-10-11-20(35-18)28(32)33/h4-12,22,29H,3H2,1-2H3/b19-12-/t22-/m0/s1. The molecular weight excluding hydrogens is 486 g/mol. The van der Waals surface area contributed by atoms with Crippen molar-refractivity contribution in [3.63, 3.8) is 0 Å². The van der Waals surface area contributed by atoms with Crippen LogP contribution in [0.3, 0.4) is 0 Å². The van der Waals surface area contributed by atoms with E-state index in [9.17, 15) is 24.8 Å². The number of nitrogens with zero attached hydrogens (tertiary/aromatic N) is 3. The second-order valence-corrected chi connectivity index (χ2v) is 8.95. The number of carbonyl (C=O) groups is 1. The molecule has 0 amide bonds. The number of ether oxygens (including phenoxy) is 1. The number of esters is 1. The van der Waals surface area contributed by atoms with E-state index < -0.39 is 28.4 Å². The Labute approximate surface area is 206 Å². The highest BCUT2D eigenvalue weighted by atomic mass is 32.1. The molecule has 2 aromatic carbocycles. The zero-order chi connectivity index (χ0) is 25.6. The summed E-state index contributed by atoms with van der Waals surface area (Å²) in [6, 6.07) is 12.3. The molecule has 0 fully saturated rings. The van der Waals surface area contributed by atoms with Gasteiger partial charge in [-0.3, -0.25) is 19.5 Å². The van der Waals surface area contributed by atoms with Crippen molar-refractivity contribution in [2.75, 3.05) is 6.61 Å². The SMILES string of the molecule is CCOC(=O)C1=C(C)n2c(s/c(=C\c3c(O)ccc4ccccc34)c2=O)=N[C@H]1c1ccc([N+](=O)[O-])o1. The zero-order valence-corrected chi connectivity index (χ0v) is 19.9. The summed E-state index contributed by atoms with van der Waals surface area (Å²) in [5, 5.41) is 23.3. The lowest BCUT2D eigenvalue weighted by molar-refractivity contribution is -0.402. The van der Waals surface area contributed by atoms with Gasteiger partial charge in [-0.05, 0) is 42.8 Å².